The Morgan fingerprint density at radius 2 is 1.85 bits per heavy atom. The monoisotopic (exact) mass is 494 g/mol. The minimum absolute atomic E-state index is 0.0981. The zero-order chi connectivity index (χ0) is 23.9. The van der Waals surface area contributed by atoms with E-state index >= 15 is 0 Å². The van der Waals surface area contributed by atoms with Crippen molar-refractivity contribution in [2.75, 3.05) is 12.8 Å². The molecule has 1 aliphatic rings. The van der Waals surface area contributed by atoms with E-state index in [0.29, 0.717) is 24.3 Å². The maximum Gasteiger partial charge on any atom is 0.277 e. The van der Waals surface area contributed by atoms with Gasteiger partial charge in [0.15, 0.2) is 0 Å². The normalized spacial score (nSPS) is 14.2. The van der Waals surface area contributed by atoms with E-state index in [2.05, 4.69) is 0 Å². The summed E-state index contributed by atoms with van der Waals surface area (Å²) in [5.41, 5.74) is 2.62. The number of sulfonamides is 1. The van der Waals surface area contributed by atoms with Crippen molar-refractivity contribution in [2.45, 2.75) is 26.5 Å². The Bertz CT molecular complexity index is 1410. The lowest BCUT2D eigenvalue weighted by Gasteiger charge is -2.27. The van der Waals surface area contributed by atoms with Crippen LogP contribution >= 0.6 is 11.6 Å². The fourth-order valence-electron chi connectivity index (χ4n) is 3.84. The molecule has 0 spiro atoms. The second kappa shape index (κ2) is 8.89. The highest BCUT2D eigenvalue weighted by Crippen LogP contribution is 2.27. The quantitative estimate of drug-likeness (QED) is 0.538. The van der Waals surface area contributed by atoms with Crippen LogP contribution in [0.5, 0.6) is 5.75 Å². The largest absolute Gasteiger partial charge is 0.487 e. The summed E-state index contributed by atoms with van der Waals surface area (Å²) in [5.74, 6) is -1.35. The number of fused-ring (bicyclic) bond motifs is 1. The molecule has 1 aliphatic heterocycles. The Hall–Kier alpha value is -2.75. The Labute approximate surface area is 195 Å². The zero-order valence-electron chi connectivity index (χ0n) is 17.9. The third-order valence-corrected chi connectivity index (χ3v) is 7.19. The highest BCUT2D eigenvalue weighted by Gasteiger charge is 2.24. The van der Waals surface area contributed by atoms with Crippen LogP contribution in [0.25, 0.3) is 5.69 Å². The van der Waals surface area contributed by atoms with Gasteiger partial charge in [-0.1, -0.05) is 17.7 Å². The van der Waals surface area contributed by atoms with Crippen molar-refractivity contribution in [3.05, 3.63) is 91.9 Å². The van der Waals surface area contributed by atoms with Crippen LogP contribution in [-0.4, -0.2) is 30.1 Å². The number of aromatic nitrogens is 1. The van der Waals surface area contributed by atoms with Crippen LogP contribution in [-0.2, 0) is 29.6 Å². The number of benzene rings is 2. The van der Waals surface area contributed by atoms with Gasteiger partial charge in [-0.15, -0.1) is 0 Å². The van der Waals surface area contributed by atoms with E-state index in [9.17, 15) is 22.0 Å². The van der Waals surface area contributed by atoms with Crippen LogP contribution in [0.1, 0.15) is 22.4 Å². The van der Waals surface area contributed by atoms with Crippen LogP contribution in [0.2, 0.25) is 5.02 Å². The first kappa shape index (κ1) is 23.4. The van der Waals surface area contributed by atoms with Crippen molar-refractivity contribution in [1.82, 2.24) is 8.87 Å². The second-order valence-electron chi connectivity index (χ2n) is 7.93. The number of nitrogens with zero attached hydrogens (tertiary/aromatic N) is 2. The lowest BCUT2D eigenvalue weighted by molar-refractivity contribution is 0.298. The van der Waals surface area contributed by atoms with Crippen molar-refractivity contribution in [2.24, 2.45) is 0 Å². The smallest absolute Gasteiger partial charge is 0.277 e. The number of pyridine rings is 1. The molecule has 0 bridgehead atoms. The zero-order valence-corrected chi connectivity index (χ0v) is 19.5. The Kier molecular flexibility index (Phi) is 6.30. The first-order chi connectivity index (χ1) is 15.5. The number of rotatable bonds is 5. The molecule has 4 rings (SSSR count). The Morgan fingerprint density at radius 1 is 1.09 bits per heavy atom. The van der Waals surface area contributed by atoms with Crippen LogP contribution in [0.4, 0.5) is 8.78 Å². The van der Waals surface area contributed by atoms with E-state index < -0.39 is 27.2 Å². The molecule has 10 heteroatoms. The molecular weight excluding hydrogens is 474 g/mol. The molecule has 3 aromatic rings. The topological polar surface area (TPSA) is 68.6 Å². The summed E-state index contributed by atoms with van der Waals surface area (Å²) < 4.78 is 59.0. The molecule has 174 valence electrons. The van der Waals surface area contributed by atoms with Gasteiger partial charge in [0.05, 0.1) is 6.26 Å². The van der Waals surface area contributed by atoms with E-state index in [1.54, 1.807) is 19.1 Å². The van der Waals surface area contributed by atoms with Gasteiger partial charge in [-0.25, -0.2) is 17.2 Å². The van der Waals surface area contributed by atoms with Crippen molar-refractivity contribution >= 4 is 21.6 Å². The van der Waals surface area contributed by atoms with E-state index in [-0.39, 0.29) is 29.5 Å². The van der Waals surface area contributed by atoms with E-state index in [0.717, 1.165) is 23.3 Å². The SMILES string of the molecule is Cc1cc(OCc2ccc(F)cc2F)c(Cl)c(=O)n1-c1ccc2c(c1)CCN(S(C)(=O)=O)C2. The Morgan fingerprint density at radius 3 is 2.55 bits per heavy atom. The van der Waals surface area contributed by atoms with Crippen LogP contribution in [0.15, 0.2) is 47.3 Å². The maximum atomic E-state index is 13.9. The molecular formula is C23H21ClF2N2O4S. The van der Waals surface area contributed by atoms with Crippen molar-refractivity contribution in [1.29, 1.82) is 0 Å². The van der Waals surface area contributed by atoms with Gasteiger partial charge in [-0.2, -0.15) is 4.31 Å². The van der Waals surface area contributed by atoms with Gasteiger partial charge in [-0.3, -0.25) is 9.36 Å². The molecule has 0 saturated carbocycles. The van der Waals surface area contributed by atoms with Crippen molar-refractivity contribution < 1.29 is 21.9 Å². The highest BCUT2D eigenvalue weighted by atomic mass is 35.5. The lowest BCUT2D eigenvalue weighted by atomic mass is 10.0. The maximum absolute atomic E-state index is 13.9. The molecule has 6 nitrogen and oxygen atoms in total. The fraction of sp³-hybridized carbons (Fsp3) is 0.261. The molecule has 0 fully saturated rings. The summed E-state index contributed by atoms with van der Waals surface area (Å²) in [7, 11) is -3.28. The predicted molar refractivity (Wildman–Crippen MR) is 121 cm³/mol. The van der Waals surface area contributed by atoms with E-state index in [1.807, 2.05) is 12.1 Å². The summed E-state index contributed by atoms with van der Waals surface area (Å²) in [6.07, 6.45) is 1.72. The predicted octanol–water partition coefficient (Wildman–Crippen LogP) is 3.97. The van der Waals surface area contributed by atoms with E-state index in [1.165, 1.54) is 21.2 Å². The van der Waals surface area contributed by atoms with Crippen LogP contribution in [0.3, 0.4) is 0 Å². The summed E-state index contributed by atoms with van der Waals surface area (Å²) in [5, 5.41) is -0.163. The van der Waals surface area contributed by atoms with Gasteiger partial charge in [0, 0.05) is 42.2 Å². The molecule has 0 unspecified atom stereocenters. The third kappa shape index (κ3) is 4.80. The first-order valence-corrected chi connectivity index (χ1v) is 12.3. The van der Waals surface area contributed by atoms with Gasteiger partial charge in [0.25, 0.3) is 5.56 Å². The molecule has 0 N–H and O–H groups in total. The van der Waals surface area contributed by atoms with Crippen molar-refractivity contribution in [3.63, 3.8) is 0 Å². The summed E-state index contributed by atoms with van der Waals surface area (Å²) in [6.45, 7) is 2.16. The van der Waals surface area contributed by atoms with E-state index in [4.69, 9.17) is 16.3 Å². The third-order valence-electron chi connectivity index (χ3n) is 5.59. The molecule has 0 aliphatic carbocycles. The molecule has 2 aromatic carbocycles. The Balaban J connectivity index is 1.62. The average molecular weight is 495 g/mol. The molecule has 0 atom stereocenters. The second-order valence-corrected chi connectivity index (χ2v) is 10.3. The van der Waals surface area contributed by atoms with Crippen LogP contribution < -0.4 is 10.3 Å². The van der Waals surface area contributed by atoms with Gasteiger partial charge >= 0.3 is 0 Å². The molecule has 2 heterocycles. The molecule has 0 saturated heterocycles. The van der Waals surface area contributed by atoms with Gasteiger partial charge in [-0.05, 0) is 48.7 Å². The fourth-order valence-corrected chi connectivity index (χ4v) is 4.83. The minimum atomic E-state index is -3.28. The average Bonchev–Trinajstić information content (AvgIpc) is 2.75. The van der Waals surface area contributed by atoms with Gasteiger partial charge in [0.2, 0.25) is 10.0 Å². The summed E-state index contributed by atoms with van der Waals surface area (Å²) in [4.78, 5) is 13.0. The number of hydrogen-bond acceptors (Lipinski definition) is 4. The molecule has 0 radical (unpaired) electrons. The minimum Gasteiger partial charge on any atom is -0.487 e. The first-order valence-electron chi connectivity index (χ1n) is 10.1. The molecule has 1 aromatic heterocycles. The highest BCUT2D eigenvalue weighted by molar-refractivity contribution is 7.88. The summed E-state index contributed by atoms with van der Waals surface area (Å²) in [6, 6.07) is 10.1. The van der Waals surface area contributed by atoms with Gasteiger partial charge in [0.1, 0.15) is 29.0 Å². The van der Waals surface area contributed by atoms with Gasteiger partial charge < -0.3 is 4.74 Å². The van der Waals surface area contributed by atoms with Crippen molar-refractivity contribution in [3.8, 4) is 11.4 Å². The number of aryl methyl sites for hydroxylation is 1. The lowest BCUT2D eigenvalue weighted by Crippen LogP contribution is -2.35. The van der Waals surface area contributed by atoms with Crippen LogP contribution in [0, 0.1) is 18.6 Å². The number of ether oxygens (including phenoxy) is 1. The molecule has 33 heavy (non-hydrogen) atoms. The summed E-state index contributed by atoms with van der Waals surface area (Å²) >= 11 is 6.28. The number of halogens is 3. The standard InChI is InChI=1S/C23H21ClF2N2O4S/c1-14-9-21(32-13-17-3-5-18(25)11-20(17)26)22(24)23(29)28(14)19-6-4-16-12-27(33(2,30)31)8-7-15(16)10-19/h3-6,9-11H,7-8,12-13H2,1-2H3. The number of hydrogen-bond donors (Lipinski definition) is 0. The molecule has 0 amide bonds.